The molecule has 1 atom stereocenters. The Balaban J connectivity index is 2.09. The van der Waals surface area contributed by atoms with Crippen molar-refractivity contribution in [3.05, 3.63) is 0 Å². The molecule has 5 heteroatoms. The molecule has 5 nitrogen and oxygen atoms in total. The van der Waals surface area contributed by atoms with Gasteiger partial charge in [0.25, 0.3) is 0 Å². The first-order valence-electron chi connectivity index (χ1n) is 5.83. The minimum atomic E-state index is -0.750. The van der Waals surface area contributed by atoms with Gasteiger partial charge in [0.2, 0.25) is 5.91 Å². The van der Waals surface area contributed by atoms with Gasteiger partial charge in [0.05, 0.1) is 0 Å². The molecule has 0 saturated carbocycles. The Labute approximate surface area is 95.6 Å². The van der Waals surface area contributed by atoms with Crippen molar-refractivity contribution in [3.63, 3.8) is 0 Å². The predicted octanol–water partition coefficient (Wildman–Crippen LogP) is 0.439. The number of carbonyl (C=O) groups excluding carboxylic acids is 1. The summed E-state index contributed by atoms with van der Waals surface area (Å²) >= 11 is 0. The fourth-order valence-electron chi connectivity index (χ4n) is 1.98. The van der Waals surface area contributed by atoms with Crippen molar-refractivity contribution in [1.82, 2.24) is 4.90 Å². The van der Waals surface area contributed by atoms with Crippen LogP contribution in [0.1, 0.15) is 32.1 Å². The lowest BCUT2D eigenvalue weighted by Crippen LogP contribution is -2.27. The molecule has 1 fully saturated rings. The Morgan fingerprint density at radius 2 is 2.19 bits per heavy atom. The van der Waals surface area contributed by atoms with E-state index in [1.165, 1.54) is 0 Å². The second kappa shape index (κ2) is 6.48. The lowest BCUT2D eigenvalue weighted by molar-refractivity contribution is -0.137. The fraction of sp³-hybridized carbons (Fsp3) is 0.818. The van der Waals surface area contributed by atoms with Crippen LogP contribution in [0.15, 0.2) is 0 Å². The van der Waals surface area contributed by atoms with E-state index in [1.807, 2.05) is 4.90 Å². The topological polar surface area (TPSA) is 83.6 Å². The van der Waals surface area contributed by atoms with E-state index in [9.17, 15) is 9.59 Å². The van der Waals surface area contributed by atoms with Crippen LogP contribution in [-0.2, 0) is 9.59 Å². The van der Waals surface area contributed by atoms with Crippen LogP contribution in [0.3, 0.4) is 0 Å². The summed E-state index contributed by atoms with van der Waals surface area (Å²) in [5, 5.41) is 8.45. The van der Waals surface area contributed by atoms with Crippen molar-refractivity contribution < 1.29 is 14.7 Å². The number of nitrogens with zero attached hydrogens (tertiary/aromatic N) is 1. The Morgan fingerprint density at radius 1 is 1.44 bits per heavy atom. The summed E-state index contributed by atoms with van der Waals surface area (Å²) in [6.45, 7) is 2.09. The summed E-state index contributed by atoms with van der Waals surface area (Å²) in [5.41, 5.74) is 5.52. The lowest BCUT2D eigenvalue weighted by atomic mass is 10.1. The van der Waals surface area contributed by atoms with Crippen molar-refractivity contribution in [2.24, 2.45) is 11.7 Å². The van der Waals surface area contributed by atoms with Gasteiger partial charge in [-0.1, -0.05) is 6.42 Å². The molecule has 0 aromatic heterocycles. The molecule has 0 aromatic rings. The highest BCUT2D eigenvalue weighted by atomic mass is 16.4. The van der Waals surface area contributed by atoms with Gasteiger partial charge in [-0.3, -0.25) is 9.59 Å². The third-order valence-electron chi connectivity index (χ3n) is 2.95. The maximum atomic E-state index is 11.5. The number of nitrogens with two attached hydrogens (primary N) is 1. The maximum Gasteiger partial charge on any atom is 0.303 e. The van der Waals surface area contributed by atoms with Gasteiger partial charge in [-0.15, -0.1) is 0 Å². The third kappa shape index (κ3) is 4.18. The van der Waals surface area contributed by atoms with Gasteiger partial charge in [0, 0.05) is 25.9 Å². The predicted molar refractivity (Wildman–Crippen MR) is 59.8 cm³/mol. The number of likely N-dealkylation sites (tertiary alicyclic amines) is 1. The van der Waals surface area contributed by atoms with Gasteiger partial charge in [-0.25, -0.2) is 0 Å². The van der Waals surface area contributed by atoms with Crippen molar-refractivity contribution >= 4 is 11.9 Å². The number of rotatable bonds is 7. The van der Waals surface area contributed by atoms with Crippen LogP contribution in [0.5, 0.6) is 0 Å². The molecule has 0 radical (unpaired) electrons. The number of hydrogen-bond donors (Lipinski definition) is 2. The van der Waals surface area contributed by atoms with E-state index >= 15 is 0 Å². The molecule has 1 aliphatic rings. The monoisotopic (exact) mass is 228 g/mol. The highest BCUT2D eigenvalue weighted by molar-refractivity contribution is 5.78. The van der Waals surface area contributed by atoms with E-state index in [1.54, 1.807) is 0 Å². The second-order valence-electron chi connectivity index (χ2n) is 4.35. The number of amides is 1. The molecule has 0 bridgehead atoms. The first-order valence-corrected chi connectivity index (χ1v) is 5.83. The number of carboxylic acid groups (broad SMARTS) is 1. The van der Waals surface area contributed by atoms with Gasteiger partial charge in [0.1, 0.15) is 0 Å². The fourth-order valence-corrected chi connectivity index (χ4v) is 1.98. The molecule has 1 rings (SSSR count). The van der Waals surface area contributed by atoms with Crippen LogP contribution < -0.4 is 5.73 Å². The van der Waals surface area contributed by atoms with Crippen LogP contribution in [-0.4, -0.2) is 41.5 Å². The van der Waals surface area contributed by atoms with Crippen LogP contribution in [0.2, 0.25) is 0 Å². The molecule has 0 spiro atoms. The van der Waals surface area contributed by atoms with Crippen LogP contribution in [0.25, 0.3) is 0 Å². The average molecular weight is 228 g/mol. The van der Waals surface area contributed by atoms with E-state index < -0.39 is 5.97 Å². The van der Waals surface area contributed by atoms with E-state index in [4.69, 9.17) is 10.8 Å². The molecule has 1 saturated heterocycles. The second-order valence-corrected chi connectivity index (χ2v) is 4.35. The molecule has 1 amide bonds. The molecule has 3 N–H and O–H groups in total. The van der Waals surface area contributed by atoms with Crippen molar-refractivity contribution in [2.75, 3.05) is 19.6 Å². The van der Waals surface area contributed by atoms with Crippen molar-refractivity contribution in [2.45, 2.75) is 32.1 Å². The van der Waals surface area contributed by atoms with Crippen LogP contribution >= 0.6 is 0 Å². The standard InChI is InChI=1S/C11H20N2O3/c12-7-9-6-10(14)13(8-9)5-3-1-2-4-11(15)16/h9H,1-8,12H2,(H,15,16). The Bertz CT molecular complexity index is 256. The zero-order valence-electron chi connectivity index (χ0n) is 9.52. The number of hydrogen-bond acceptors (Lipinski definition) is 3. The van der Waals surface area contributed by atoms with E-state index in [2.05, 4.69) is 0 Å². The number of carboxylic acids is 1. The molecule has 16 heavy (non-hydrogen) atoms. The molecule has 1 aliphatic heterocycles. The summed E-state index contributed by atoms with van der Waals surface area (Å²) < 4.78 is 0. The number of carbonyl (C=O) groups is 2. The van der Waals surface area contributed by atoms with Gasteiger partial charge < -0.3 is 15.7 Å². The van der Waals surface area contributed by atoms with E-state index in [-0.39, 0.29) is 12.3 Å². The van der Waals surface area contributed by atoms with Crippen molar-refractivity contribution in [3.8, 4) is 0 Å². The molecule has 1 unspecified atom stereocenters. The highest BCUT2D eigenvalue weighted by Gasteiger charge is 2.27. The first kappa shape index (κ1) is 13.0. The molecular formula is C11H20N2O3. The Morgan fingerprint density at radius 3 is 2.75 bits per heavy atom. The maximum absolute atomic E-state index is 11.5. The van der Waals surface area contributed by atoms with Crippen molar-refractivity contribution in [1.29, 1.82) is 0 Å². The zero-order chi connectivity index (χ0) is 12.0. The van der Waals surface area contributed by atoms with Gasteiger partial charge in [0.15, 0.2) is 0 Å². The average Bonchev–Trinajstić information content (AvgIpc) is 2.59. The van der Waals surface area contributed by atoms with Gasteiger partial charge >= 0.3 is 5.97 Å². The SMILES string of the molecule is NCC1CC(=O)N(CCCCCC(=O)O)C1. The molecule has 0 aliphatic carbocycles. The Kier molecular flexibility index (Phi) is 5.25. The third-order valence-corrected chi connectivity index (χ3v) is 2.95. The van der Waals surface area contributed by atoms with Gasteiger partial charge in [-0.2, -0.15) is 0 Å². The smallest absolute Gasteiger partial charge is 0.303 e. The summed E-state index contributed by atoms with van der Waals surface area (Å²) in [7, 11) is 0. The number of unbranched alkanes of at least 4 members (excludes halogenated alkanes) is 2. The largest absolute Gasteiger partial charge is 0.481 e. The minimum Gasteiger partial charge on any atom is -0.481 e. The van der Waals surface area contributed by atoms with E-state index in [0.717, 1.165) is 25.9 Å². The molecule has 0 aromatic carbocycles. The quantitative estimate of drug-likeness (QED) is 0.619. The zero-order valence-corrected chi connectivity index (χ0v) is 9.52. The molecular weight excluding hydrogens is 208 g/mol. The lowest BCUT2D eigenvalue weighted by Gasteiger charge is -2.15. The molecule has 1 heterocycles. The minimum absolute atomic E-state index is 0.189. The van der Waals surface area contributed by atoms with Crippen LogP contribution in [0, 0.1) is 5.92 Å². The summed E-state index contributed by atoms with van der Waals surface area (Å²) in [5.74, 6) is -0.249. The number of aliphatic carboxylic acids is 1. The summed E-state index contributed by atoms with van der Waals surface area (Å²) in [4.78, 5) is 23.6. The molecule has 92 valence electrons. The normalized spacial score (nSPS) is 20.4. The highest BCUT2D eigenvalue weighted by Crippen LogP contribution is 2.17. The first-order chi connectivity index (χ1) is 7.63. The Hall–Kier alpha value is -1.10. The van der Waals surface area contributed by atoms with Crippen LogP contribution in [0.4, 0.5) is 0 Å². The van der Waals surface area contributed by atoms with E-state index in [0.29, 0.717) is 25.3 Å². The van der Waals surface area contributed by atoms with Gasteiger partial charge in [-0.05, 0) is 25.3 Å². The summed E-state index contributed by atoms with van der Waals surface area (Å²) in [6, 6.07) is 0. The summed E-state index contributed by atoms with van der Waals surface area (Å²) in [6.07, 6.45) is 3.24.